The van der Waals surface area contributed by atoms with Crippen molar-refractivity contribution in [2.45, 2.75) is 30.3 Å². The minimum atomic E-state index is -0.0439. The van der Waals surface area contributed by atoms with Crippen molar-refractivity contribution in [1.29, 1.82) is 0 Å². The molecule has 7 heteroatoms. The molecule has 0 fully saturated rings. The number of hydrogen-bond acceptors (Lipinski definition) is 5. The second-order valence-electron chi connectivity index (χ2n) is 9.02. The highest BCUT2D eigenvalue weighted by Crippen LogP contribution is 2.28. The third-order valence-corrected chi connectivity index (χ3v) is 7.42. The molecule has 2 aromatic heterocycles. The van der Waals surface area contributed by atoms with Crippen molar-refractivity contribution in [3.05, 3.63) is 120 Å². The number of ether oxygens (including phenoxy) is 1. The molecule has 3 aromatic carbocycles. The number of thioether (sulfide) groups is 1. The van der Waals surface area contributed by atoms with E-state index < -0.39 is 0 Å². The van der Waals surface area contributed by atoms with Gasteiger partial charge in [-0.2, -0.15) is 0 Å². The van der Waals surface area contributed by atoms with Crippen LogP contribution < -0.4 is 10.1 Å². The largest absolute Gasteiger partial charge is 0.497 e. The summed E-state index contributed by atoms with van der Waals surface area (Å²) in [7, 11) is 1.67. The summed E-state index contributed by atoms with van der Waals surface area (Å²) < 4.78 is 7.46. The van der Waals surface area contributed by atoms with Gasteiger partial charge in [-0.3, -0.25) is 9.78 Å². The molecule has 0 radical (unpaired) electrons. The number of nitrogens with zero attached hydrogens (tertiary/aromatic N) is 3. The monoisotopic (exact) mass is 522 g/mol. The number of imidazole rings is 1. The van der Waals surface area contributed by atoms with Crippen LogP contribution in [-0.2, 0) is 18.7 Å². The molecule has 6 nitrogen and oxygen atoms in total. The van der Waals surface area contributed by atoms with Gasteiger partial charge in [-0.05, 0) is 59.9 Å². The van der Waals surface area contributed by atoms with Gasteiger partial charge in [0.15, 0.2) is 5.16 Å². The number of carbonyl (C=O) groups is 1. The molecule has 1 amide bonds. The number of benzene rings is 3. The highest BCUT2D eigenvalue weighted by molar-refractivity contribution is 7.98. The fraction of sp³-hybridized carbons (Fsp3) is 0.194. The van der Waals surface area contributed by atoms with Crippen LogP contribution in [0.15, 0.2) is 102 Å². The maximum absolute atomic E-state index is 12.6. The van der Waals surface area contributed by atoms with Gasteiger partial charge in [-0.15, -0.1) is 0 Å². The number of amides is 1. The summed E-state index contributed by atoms with van der Waals surface area (Å²) in [5.41, 5.74) is 6.16. The summed E-state index contributed by atoms with van der Waals surface area (Å²) in [6, 6.07) is 28.2. The number of pyridine rings is 1. The van der Waals surface area contributed by atoms with Gasteiger partial charge in [0.25, 0.3) is 5.91 Å². The fourth-order valence-corrected chi connectivity index (χ4v) is 5.24. The van der Waals surface area contributed by atoms with Crippen LogP contribution in [0.1, 0.15) is 33.5 Å². The van der Waals surface area contributed by atoms with E-state index in [1.54, 1.807) is 25.1 Å². The van der Waals surface area contributed by atoms with Crippen molar-refractivity contribution in [1.82, 2.24) is 19.9 Å². The number of nitrogens with one attached hydrogen (secondary N) is 1. The molecule has 0 aliphatic heterocycles. The molecule has 0 unspecified atom stereocenters. The van der Waals surface area contributed by atoms with Gasteiger partial charge in [-0.1, -0.05) is 66.4 Å². The number of fused-ring (bicyclic) bond motifs is 1. The Hall–Kier alpha value is -4.10. The molecule has 0 saturated carbocycles. The predicted octanol–water partition coefficient (Wildman–Crippen LogP) is 6.14. The number of aromatic nitrogens is 3. The Labute approximate surface area is 227 Å². The van der Waals surface area contributed by atoms with Crippen LogP contribution in [0.5, 0.6) is 5.75 Å². The van der Waals surface area contributed by atoms with Crippen molar-refractivity contribution in [2.75, 3.05) is 13.7 Å². The van der Waals surface area contributed by atoms with E-state index in [-0.39, 0.29) is 5.91 Å². The Kier molecular flexibility index (Phi) is 8.36. The normalized spacial score (nSPS) is 11.0. The van der Waals surface area contributed by atoms with E-state index >= 15 is 0 Å². The van der Waals surface area contributed by atoms with Crippen LogP contribution >= 0.6 is 11.8 Å². The predicted molar refractivity (Wildman–Crippen MR) is 153 cm³/mol. The van der Waals surface area contributed by atoms with Crippen molar-refractivity contribution in [2.24, 2.45) is 0 Å². The highest BCUT2D eigenvalue weighted by Gasteiger charge is 2.13. The van der Waals surface area contributed by atoms with E-state index in [1.807, 2.05) is 66.9 Å². The van der Waals surface area contributed by atoms with Crippen molar-refractivity contribution in [3.8, 4) is 5.75 Å². The molecular weight excluding hydrogens is 492 g/mol. The molecule has 0 aliphatic carbocycles. The first-order valence-electron chi connectivity index (χ1n) is 12.7. The lowest BCUT2D eigenvalue weighted by Gasteiger charge is -2.10. The maximum Gasteiger partial charge on any atom is 0.251 e. The first-order valence-corrected chi connectivity index (χ1v) is 13.7. The third kappa shape index (κ3) is 6.42. The smallest absolute Gasteiger partial charge is 0.251 e. The zero-order valence-electron chi connectivity index (χ0n) is 21.3. The van der Waals surface area contributed by atoms with Crippen molar-refractivity contribution >= 4 is 28.7 Å². The molecule has 0 bridgehead atoms. The van der Waals surface area contributed by atoms with Crippen LogP contribution in [0.25, 0.3) is 11.0 Å². The molecule has 0 spiro atoms. The van der Waals surface area contributed by atoms with Crippen LogP contribution in [0.3, 0.4) is 0 Å². The van der Waals surface area contributed by atoms with Crippen LogP contribution in [0.4, 0.5) is 0 Å². The molecule has 5 rings (SSSR count). The fourth-order valence-electron chi connectivity index (χ4n) is 4.27. The Balaban J connectivity index is 1.22. The Morgan fingerprint density at radius 2 is 1.68 bits per heavy atom. The summed E-state index contributed by atoms with van der Waals surface area (Å²) in [6.45, 7) is 1.30. The summed E-state index contributed by atoms with van der Waals surface area (Å²) in [5.74, 6) is 1.60. The molecule has 38 heavy (non-hydrogen) atoms. The summed E-state index contributed by atoms with van der Waals surface area (Å²) in [5, 5.41) is 3.97. The van der Waals surface area contributed by atoms with E-state index in [4.69, 9.17) is 9.72 Å². The molecule has 1 N–H and O–H groups in total. The topological polar surface area (TPSA) is 69.0 Å². The van der Waals surface area contributed by atoms with Crippen LogP contribution in [0, 0.1) is 0 Å². The molecule has 0 atom stereocenters. The van der Waals surface area contributed by atoms with Gasteiger partial charge < -0.3 is 14.6 Å². The van der Waals surface area contributed by atoms with E-state index in [2.05, 4.69) is 39.1 Å². The Morgan fingerprint density at radius 3 is 2.45 bits per heavy atom. The van der Waals surface area contributed by atoms with Gasteiger partial charge >= 0.3 is 0 Å². The molecular formula is C31H30N4O2S. The maximum atomic E-state index is 12.6. The summed E-state index contributed by atoms with van der Waals surface area (Å²) in [6.07, 6.45) is 5.49. The quantitative estimate of drug-likeness (QED) is 0.167. The average Bonchev–Trinajstić information content (AvgIpc) is 3.32. The lowest BCUT2D eigenvalue weighted by molar-refractivity contribution is 0.0953. The summed E-state index contributed by atoms with van der Waals surface area (Å²) in [4.78, 5) is 21.8. The average molecular weight is 523 g/mol. The number of carbonyl (C=O) groups excluding carboxylic acids is 1. The highest BCUT2D eigenvalue weighted by atomic mass is 32.2. The SMILES string of the molecule is COc1ccc(CSc2nc3ccncc3n2Cc2ccc(C(=O)NCCCc3ccccc3)cc2)cc1. The van der Waals surface area contributed by atoms with E-state index in [1.165, 1.54) is 11.1 Å². The standard InChI is InChI=1S/C31H30N4O2S/c1-37-27-15-11-25(12-16-27)22-38-31-34-28-17-19-32-20-29(28)35(31)21-24-9-13-26(14-10-24)30(36)33-18-5-8-23-6-3-2-4-7-23/h2-4,6-7,9-17,19-20H,5,8,18,21-22H2,1H3,(H,33,36). The second kappa shape index (κ2) is 12.4. The van der Waals surface area contributed by atoms with Gasteiger partial charge in [0, 0.05) is 24.1 Å². The minimum Gasteiger partial charge on any atom is -0.497 e. The van der Waals surface area contributed by atoms with Gasteiger partial charge in [0.2, 0.25) is 0 Å². The molecule has 192 valence electrons. The number of aryl methyl sites for hydroxylation is 1. The lowest BCUT2D eigenvalue weighted by Crippen LogP contribution is -2.24. The molecule has 2 heterocycles. The lowest BCUT2D eigenvalue weighted by atomic mass is 10.1. The first-order chi connectivity index (χ1) is 18.7. The van der Waals surface area contributed by atoms with E-state index in [0.717, 1.165) is 46.1 Å². The van der Waals surface area contributed by atoms with Crippen molar-refractivity contribution in [3.63, 3.8) is 0 Å². The van der Waals surface area contributed by atoms with Gasteiger partial charge in [0.05, 0.1) is 30.9 Å². The van der Waals surface area contributed by atoms with Gasteiger partial charge in [0.1, 0.15) is 5.75 Å². The van der Waals surface area contributed by atoms with Gasteiger partial charge in [-0.25, -0.2) is 4.98 Å². The number of methoxy groups -OCH3 is 1. The minimum absolute atomic E-state index is 0.0439. The number of hydrogen-bond donors (Lipinski definition) is 1. The molecule has 0 aliphatic rings. The van der Waals surface area contributed by atoms with E-state index in [9.17, 15) is 4.79 Å². The van der Waals surface area contributed by atoms with E-state index in [0.29, 0.717) is 18.7 Å². The number of rotatable bonds is 11. The zero-order chi connectivity index (χ0) is 26.2. The molecule has 0 saturated heterocycles. The first kappa shape index (κ1) is 25.5. The van der Waals surface area contributed by atoms with Crippen LogP contribution in [0.2, 0.25) is 0 Å². The summed E-state index contributed by atoms with van der Waals surface area (Å²) >= 11 is 1.70. The third-order valence-electron chi connectivity index (χ3n) is 6.37. The Morgan fingerprint density at radius 1 is 0.921 bits per heavy atom. The second-order valence-corrected chi connectivity index (χ2v) is 9.97. The van der Waals surface area contributed by atoms with Crippen LogP contribution in [-0.4, -0.2) is 34.1 Å². The Bertz CT molecular complexity index is 1480. The molecule has 5 aromatic rings. The van der Waals surface area contributed by atoms with Crippen molar-refractivity contribution < 1.29 is 9.53 Å². The zero-order valence-corrected chi connectivity index (χ0v) is 22.2.